The maximum atomic E-state index is 10.0. The van der Waals surface area contributed by atoms with Crippen LogP contribution >= 0.6 is 0 Å². The van der Waals surface area contributed by atoms with Crippen molar-refractivity contribution in [3.8, 4) is 0 Å². The smallest absolute Gasteiger partial charge is 0.0815 e. The molecule has 1 aliphatic rings. The molecule has 0 spiro atoms. The number of rotatable bonds is 4. The summed E-state index contributed by atoms with van der Waals surface area (Å²) in [6.07, 6.45) is 3.29. The van der Waals surface area contributed by atoms with E-state index in [0.29, 0.717) is 19.8 Å². The van der Waals surface area contributed by atoms with Crippen LogP contribution in [0.3, 0.4) is 0 Å². The topological polar surface area (TPSA) is 41.5 Å². The van der Waals surface area contributed by atoms with Crippen LogP contribution < -0.4 is 5.32 Å². The molecule has 0 saturated carbocycles. The fourth-order valence-electron chi connectivity index (χ4n) is 1.36. The predicted octanol–water partition coefficient (Wildman–Crippen LogP) is 0.692. The summed E-state index contributed by atoms with van der Waals surface area (Å²) in [6.45, 7) is 7.66. The van der Waals surface area contributed by atoms with Gasteiger partial charge in [-0.3, -0.25) is 0 Å². The van der Waals surface area contributed by atoms with Gasteiger partial charge in [-0.05, 0) is 6.92 Å². The molecule has 1 rings (SSSR count). The van der Waals surface area contributed by atoms with Gasteiger partial charge < -0.3 is 15.2 Å². The number of nitrogens with one attached hydrogen (secondary N) is 1. The molecule has 0 bridgehead atoms. The molecular formula is C10H19NO2. The molecule has 0 aromatic carbocycles. The summed E-state index contributed by atoms with van der Waals surface area (Å²) < 4.78 is 5.19. The second kappa shape index (κ2) is 4.74. The molecule has 1 saturated heterocycles. The summed E-state index contributed by atoms with van der Waals surface area (Å²) in [5.41, 5.74) is -0.574. The Hall–Kier alpha value is -0.380. The van der Waals surface area contributed by atoms with Crippen LogP contribution in [0, 0.1) is 0 Å². The van der Waals surface area contributed by atoms with Gasteiger partial charge in [0.05, 0.1) is 5.60 Å². The Labute approximate surface area is 79.8 Å². The van der Waals surface area contributed by atoms with Gasteiger partial charge in [0.15, 0.2) is 0 Å². The Bertz CT molecular complexity index is 164. The van der Waals surface area contributed by atoms with Gasteiger partial charge in [-0.15, -0.1) is 6.58 Å². The molecule has 0 amide bonds. The zero-order chi connectivity index (χ0) is 9.73. The summed E-state index contributed by atoms with van der Waals surface area (Å²) in [7, 11) is 0. The first-order valence-electron chi connectivity index (χ1n) is 4.82. The van der Waals surface area contributed by atoms with E-state index in [-0.39, 0.29) is 6.04 Å². The minimum Gasteiger partial charge on any atom is -0.388 e. The molecular weight excluding hydrogens is 166 g/mol. The van der Waals surface area contributed by atoms with Crippen LogP contribution in [-0.2, 0) is 4.74 Å². The van der Waals surface area contributed by atoms with Gasteiger partial charge in [0.25, 0.3) is 0 Å². The molecule has 3 heteroatoms. The summed E-state index contributed by atoms with van der Waals surface area (Å²) in [5.74, 6) is 0. The second-order valence-corrected chi connectivity index (χ2v) is 3.74. The van der Waals surface area contributed by atoms with Gasteiger partial charge in [-0.2, -0.15) is 0 Å². The molecule has 3 nitrogen and oxygen atoms in total. The lowest BCUT2D eigenvalue weighted by atomic mass is 9.94. The highest BCUT2D eigenvalue weighted by Crippen LogP contribution is 2.19. The molecule has 0 radical (unpaired) electrons. The van der Waals surface area contributed by atoms with Gasteiger partial charge in [-0.1, -0.05) is 6.08 Å². The lowest BCUT2D eigenvalue weighted by molar-refractivity contribution is -0.0620. The van der Waals surface area contributed by atoms with E-state index in [2.05, 4.69) is 11.9 Å². The average Bonchev–Trinajstić information content (AvgIpc) is 2.15. The van der Waals surface area contributed by atoms with Crippen LogP contribution in [0.25, 0.3) is 0 Å². The molecule has 76 valence electrons. The Morgan fingerprint density at radius 3 is 2.77 bits per heavy atom. The van der Waals surface area contributed by atoms with Crippen molar-refractivity contribution in [2.75, 3.05) is 19.8 Å². The molecule has 1 unspecified atom stereocenters. The van der Waals surface area contributed by atoms with Crippen LogP contribution in [0.15, 0.2) is 12.7 Å². The van der Waals surface area contributed by atoms with Crippen molar-refractivity contribution in [1.82, 2.24) is 5.32 Å². The molecule has 1 fully saturated rings. The van der Waals surface area contributed by atoms with Crippen molar-refractivity contribution >= 4 is 0 Å². The Morgan fingerprint density at radius 2 is 2.23 bits per heavy atom. The molecule has 13 heavy (non-hydrogen) atoms. The summed E-state index contributed by atoms with van der Waals surface area (Å²) >= 11 is 0. The van der Waals surface area contributed by atoms with E-state index in [1.807, 2.05) is 13.0 Å². The quantitative estimate of drug-likeness (QED) is 0.633. The molecule has 2 N–H and O–H groups in total. The first kappa shape index (κ1) is 10.7. The Balaban J connectivity index is 2.28. The third-order valence-electron chi connectivity index (χ3n) is 2.53. The maximum Gasteiger partial charge on any atom is 0.0815 e. The number of aliphatic hydroxyl groups is 1. The van der Waals surface area contributed by atoms with E-state index in [4.69, 9.17) is 4.74 Å². The van der Waals surface area contributed by atoms with Crippen molar-refractivity contribution in [1.29, 1.82) is 0 Å². The molecule has 1 atom stereocenters. The SMILES string of the molecule is C=CC(C)NCC1(O)CCOCC1. The van der Waals surface area contributed by atoms with Crippen molar-refractivity contribution < 1.29 is 9.84 Å². The van der Waals surface area contributed by atoms with E-state index >= 15 is 0 Å². The third-order valence-corrected chi connectivity index (χ3v) is 2.53. The van der Waals surface area contributed by atoms with Crippen LogP contribution in [0.5, 0.6) is 0 Å². The fraction of sp³-hybridized carbons (Fsp3) is 0.800. The first-order chi connectivity index (χ1) is 6.16. The predicted molar refractivity (Wildman–Crippen MR) is 52.7 cm³/mol. The van der Waals surface area contributed by atoms with Gasteiger partial charge in [0, 0.05) is 38.6 Å². The average molecular weight is 185 g/mol. The van der Waals surface area contributed by atoms with Gasteiger partial charge in [0.1, 0.15) is 0 Å². The molecule has 1 aliphatic heterocycles. The highest BCUT2D eigenvalue weighted by Gasteiger charge is 2.29. The minimum absolute atomic E-state index is 0.256. The fourth-order valence-corrected chi connectivity index (χ4v) is 1.36. The summed E-state index contributed by atoms with van der Waals surface area (Å²) in [5, 5.41) is 13.3. The Morgan fingerprint density at radius 1 is 1.62 bits per heavy atom. The normalized spacial score (nSPS) is 23.8. The van der Waals surface area contributed by atoms with Crippen molar-refractivity contribution in [3.63, 3.8) is 0 Å². The zero-order valence-corrected chi connectivity index (χ0v) is 8.25. The first-order valence-corrected chi connectivity index (χ1v) is 4.82. The van der Waals surface area contributed by atoms with Crippen molar-refractivity contribution in [2.45, 2.75) is 31.4 Å². The zero-order valence-electron chi connectivity index (χ0n) is 8.25. The van der Waals surface area contributed by atoms with E-state index in [1.165, 1.54) is 0 Å². The van der Waals surface area contributed by atoms with E-state index in [1.54, 1.807) is 0 Å². The van der Waals surface area contributed by atoms with E-state index in [9.17, 15) is 5.11 Å². The number of ether oxygens (including phenoxy) is 1. The second-order valence-electron chi connectivity index (χ2n) is 3.74. The van der Waals surface area contributed by atoms with Crippen molar-refractivity contribution in [2.24, 2.45) is 0 Å². The molecule has 1 heterocycles. The van der Waals surface area contributed by atoms with Gasteiger partial charge >= 0.3 is 0 Å². The lowest BCUT2D eigenvalue weighted by Gasteiger charge is -2.32. The van der Waals surface area contributed by atoms with Crippen LogP contribution in [0.2, 0.25) is 0 Å². The standard InChI is InChI=1S/C10H19NO2/c1-3-9(2)11-8-10(12)4-6-13-7-5-10/h3,9,11-12H,1,4-8H2,2H3. The van der Waals surface area contributed by atoms with Crippen LogP contribution in [-0.4, -0.2) is 36.5 Å². The van der Waals surface area contributed by atoms with Crippen molar-refractivity contribution in [3.05, 3.63) is 12.7 Å². The molecule has 0 aromatic heterocycles. The van der Waals surface area contributed by atoms with E-state index in [0.717, 1.165) is 12.8 Å². The lowest BCUT2D eigenvalue weighted by Crippen LogP contribution is -2.46. The summed E-state index contributed by atoms with van der Waals surface area (Å²) in [4.78, 5) is 0. The summed E-state index contributed by atoms with van der Waals surface area (Å²) in [6, 6.07) is 0.256. The Kier molecular flexibility index (Phi) is 3.90. The number of hydrogen-bond acceptors (Lipinski definition) is 3. The third kappa shape index (κ3) is 3.46. The van der Waals surface area contributed by atoms with Gasteiger partial charge in [-0.25, -0.2) is 0 Å². The number of hydrogen-bond donors (Lipinski definition) is 2. The van der Waals surface area contributed by atoms with E-state index < -0.39 is 5.60 Å². The minimum atomic E-state index is -0.574. The van der Waals surface area contributed by atoms with Crippen LogP contribution in [0.1, 0.15) is 19.8 Å². The molecule has 0 aromatic rings. The monoisotopic (exact) mass is 185 g/mol. The largest absolute Gasteiger partial charge is 0.388 e. The highest BCUT2D eigenvalue weighted by molar-refractivity contribution is 4.88. The highest BCUT2D eigenvalue weighted by atomic mass is 16.5. The maximum absolute atomic E-state index is 10.0. The van der Waals surface area contributed by atoms with Crippen LogP contribution in [0.4, 0.5) is 0 Å². The molecule has 0 aliphatic carbocycles. The van der Waals surface area contributed by atoms with Gasteiger partial charge in [0.2, 0.25) is 0 Å².